The van der Waals surface area contributed by atoms with E-state index in [-0.39, 0.29) is 11.4 Å². The summed E-state index contributed by atoms with van der Waals surface area (Å²) in [4.78, 5) is 26.0. The lowest BCUT2D eigenvalue weighted by molar-refractivity contribution is 0.102. The average Bonchev–Trinajstić information content (AvgIpc) is 2.40. The monoisotopic (exact) mass is 287 g/mol. The van der Waals surface area contributed by atoms with Gasteiger partial charge < -0.3 is 10.4 Å². The normalized spacial score (nSPS) is 9.75. The van der Waals surface area contributed by atoms with E-state index in [1.54, 1.807) is 24.3 Å². The van der Waals surface area contributed by atoms with Gasteiger partial charge in [-0.2, -0.15) is 5.26 Å². The smallest absolute Gasteiger partial charge is 0.256 e. The fraction of sp³-hybridized carbons (Fsp3) is 0. The van der Waals surface area contributed by atoms with Crippen LogP contribution >= 0.6 is 11.8 Å². The van der Waals surface area contributed by atoms with Crippen LogP contribution in [0.15, 0.2) is 46.1 Å². The van der Waals surface area contributed by atoms with Crippen molar-refractivity contribution in [2.75, 3.05) is 5.32 Å². The predicted octanol–water partition coefficient (Wildman–Crippen LogP) is 1.91. The summed E-state index contributed by atoms with van der Waals surface area (Å²) in [7, 11) is 0. The van der Waals surface area contributed by atoms with Crippen molar-refractivity contribution in [3.63, 3.8) is 0 Å². The van der Waals surface area contributed by atoms with E-state index in [1.807, 2.05) is 5.40 Å². The van der Waals surface area contributed by atoms with Crippen molar-refractivity contribution in [1.82, 2.24) is 4.98 Å². The number of anilines is 1. The van der Waals surface area contributed by atoms with E-state index < -0.39 is 11.5 Å². The minimum absolute atomic E-state index is 0.0572. The highest BCUT2D eigenvalue weighted by Crippen LogP contribution is 2.19. The van der Waals surface area contributed by atoms with Crippen LogP contribution in [0.5, 0.6) is 5.88 Å². The number of aromatic nitrogens is 1. The summed E-state index contributed by atoms with van der Waals surface area (Å²) in [6.45, 7) is 0. The van der Waals surface area contributed by atoms with E-state index in [1.165, 1.54) is 0 Å². The molecule has 20 heavy (non-hydrogen) atoms. The van der Waals surface area contributed by atoms with Crippen LogP contribution in [0, 0.1) is 10.7 Å². The molecule has 0 fully saturated rings. The third kappa shape index (κ3) is 3.40. The minimum atomic E-state index is -0.559. The van der Waals surface area contributed by atoms with Gasteiger partial charge in [0.15, 0.2) is 5.88 Å². The molecule has 7 heteroatoms. The van der Waals surface area contributed by atoms with Crippen LogP contribution in [0.25, 0.3) is 0 Å². The Morgan fingerprint density at radius 2 is 2.00 bits per heavy atom. The predicted molar refractivity (Wildman–Crippen MR) is 74.6 cm³/mol. The van der Waals surface area contributed by atoms with Crippen LogP contribution in [-0.4, -0.2) is 16.0 Å². The number of nitriles is 1. The number of nitrogens with one attached hydrogen (secondary N) is 2. The Labute approximate surface area is 118 Å². The summed E-state index contributed by atoms with van der Waals surface area (Å²) in [5, 5.41) is 22.3. The largest absolute Gasteiger partial charge is 0.494 e. The molecule has 3 N–H and O–H groups in total. The van der Waals surface area contributed by atoms with Crippen LogP contribution in [0.3, 0.4) is 0 Å². The second-order valence-electron chi connectivity index (χ2n) is 3.79. The molecule has 2 rings (SSSR count). The first-order valence-electron chi connectivity index (χ1n) is 5.49. The number of aromatic amines is 1. The molecule has 2 aromatic rings. The number of H-pyrrole nitrogens is 1. The summed E-state index contributed by atoms with van der Waals surface area (Å²) in [5.74, 6) is -0.879. The first-order valence-corrected chi connectivity index (χ1v) is 6.31. The van der Waals surface area contributed by atoms with Crippen LogP contribution in [0.4, 0.5) is 5.69 Å². The van der Waals surface area contributed by atoms with Crippen molar-refractivity contribution in [2.45, 2.75) is 4.90 Å². The van der Waals surface area contributed by atoms with Crippen molar-refractivity contribution in [3.05, 3.63) is 52.3 Å². The molecule has 1 amide bonds. The maximum absolute atomic E-state index is 11.9. The quantitative estimate of drug-likeness (QED) is 0.590. The van der Waals surface area contributed by atoms with Gasteiger partial charge in [-0.3, -0.25) is 14.6 Å². The number of carbonyl (C=O) groups excluding carboxylic acids is 1. The highest BCUT2D eigenvalue weighted by molar-refractivity contribution is 8.03. The van der Waals surface area contributed by atoms with Crippen molar-refractivity contribution in [3.8, 4) is 11.3 Å². The van der Waals surface area contributed by atoms with Crippen LogP contribution in [0.1, 0.15) is 10.4 Å². The topological polar surface area (TPSA) is 106 Å². The molecule has 0 aliphatic heterocycles. The summed E-state index contributed by atoms with van der Waals surface area (Å²) in [6, 6.07) is 8.93. The molecule has 0 bridgehead atoms. The van der Waals surface area contributed by atoms with Gasteiger partial charge in [0.25, 0.3) is 11.5 Å². The Hall–Kier alpha value is -2.72. The number of thioether (sulfide) groups is 1. The van der Waals surface area contributed by atoms with Gasteiger partial charge in [-0.15, -0.1) is 0 Å². The number of rotatable bonds is 3. The Kier molecular flexibility index (Phi) is 4.08. The molecule has 0 aliphatic rings. The highest BCUT2D eigenvalue weighted by Gasteiger charge is 2.08. The number of hydrogen-bond acceptors (Lipinski definition) is 5. The van der Waals surface area contributed by atoms with Crippen molar-refractivity contribution >= 4 is 23.4 Å². The van der Waals surface area contributed by atoms with E-state index in [9.17, 15) is 14.7 Å². The zero-order chi connectivity index (χ0) is 14.5. The fourth-order valence-corrected chi connectivity index (χ4v) is 1.90. The molecule has 1 aromatic heterocycles. The fourth-order valence-electron chi connectivity index (χ4n) is 1.52. The molecule has 0 radical (unpaired) electrons. The molecule has 0 aliphatic carbocycles. The van der Waals surface area contributed by atoms with Gasteiger partial charge in [0, 0.05) is 22.7 Å². The van der Waals surface area contributed by atoms with Crippen molar-refractivity contribution < 1.29 is 9.90 Å². The standard InChI is InChI=1S/C13H9N3O3S/c14-7-20-10-3-1-9(2-4-10)15-13(19)8-5-11(17)16-12(18)6-8/h1-6H,(H,15,19)(H2,16,17,18). The SMILES string of the molecule is N#CSc1ccc(NC(=O)c2cc(O)[nH]c(=O)c2)cc1. The molecule has 100 valence electrons. The summed E-state index contributed by atoms with van der Waals surface area (Å²) >= 11 is 1.02. The first-order chi connectivity index (χ1) is 9.58. The number of thiocyanates is 1. The molecular formula is C13H9N3O3S. The Balaban J connectivity index is 2.15. The second-order valence-corrected chi connectivity index (χ2v) is 4.65. The molecule has 0 atom stereocenters. The van der Waals surface area contributed by atoms with Crippen molar-refractivity contribution in [1.29, 1.82) is 5.26 Å². The van der Waals surface area contributed by atoms with Gasteiger partial charge in [-0.1, -0.05) is 0 Å². The van der Waals surface area contributed by atoms with Gasteiger partial charge in [-0.25, -0.2) is 0 Å². The summed E-state index contributed by atoms with van der Waals surface area (Å²) in [5.41, 5.74) is 0.0229. The van der Waals surface area contributed by atoms with E-state index in [0.717, 1.165) is 28.8 Å². The van der Waals surface area contributed by atoms with Crippen molar-refractivity contribution in [2.24, 2.45) is 0 Å². The molecule has 1 heterocycles. The molecule has 0 saturated carbocycles. The van der Waals surface area contributed by atoms with Gasteiger partial charge in [0.05, 0.1) is 5.56 Å². The maximum atomic E-state index is 11.9. The zero-order valence-electron chi connectivity index (χ0n) is 10.1. The Morgan fingerprint density at radius 1 is 1.30 bits per heavy atom. The number of nitrogens with zero attached hydrogens (tertiary/aromatic N) is 1. The molecule has 0 spiro atoms. The number of benzene rings is 1. The van der Waals surface area contributed by atoms with E-state index in [4.69, 9.17) is 5.26 Å². The molecular weight excluding hydrogens is 278 g/mol. The van der Waals surface area contributed by atoms with E-state index >= 15 is 0 Å². The maximum Gasteiger partial charge on any atom is 0.256 e. The molecule has 6 nitrogen and oxygen atoms in total. The highest BCUT2D eigenvalue weighted by atomic mass is 32.2. The van der Waals surface area contributed by atoms with Crippen LogP contribution < -0.4 is 10.9 Å². The lowest BCUT2D eigenvalue weighted by Gasteiger charge is -2.05. The van der Waals surface area contributed by atoms with Crippen LogP contribution in [0.2, 0.25) is 0 Å². The zero-order valence-corrected chi connectivity index (χ0v) is 10.9. The van der Waals surface area contributed by atoms with Gasteiger partial charge in [0.1, 0.15) is 5.40 Å². The number of carbonyl (C=O) groups is 1. The third-order valence-corrected chi connectivity index (χ3v) is 2.97. The van der Waals surface area contributed by atoms with E-state index in [0.29, 0.717) is 5.69 Å². The third-order valence-electron chi connectivity index (χ3n) is 2.37. The lowest BCUT2D eigenvalue weighted by atomic mass is 10.2. The number of hydrogen-bond donors (Lipinski definition) is 3. The average molecular weight is 287 g/mol. The van der Waals surface area contributed by atoms with Crippen LogP contribution in [-0.2, 0) is 0 Å². The summed E-state index contributed by atoms with van der Waals surface area (Å²) in [6.07, 6.45) is 0. The molecule has 1 aromatic carbocycles. The Bertz CT molecular complexity index is 732. The lowest BCUT2D eigenvalue weighted by Crippen LogP contribution is -2.15. The molecule has 0 saturated heterocycles. The molecule has 0 unspecified atom stereocenters. The number of amides is 1. The minimum Gasteiger partial charge on any atom is -0.494 e. The Morgan fingerprint density at radius 3 is 2.60 bits per heavy atom. The number of pyridine rings is 1. The summed E-state index contributed by atoms with van der Waals surface area (Å²) < 4.78 is 0. The van der Waals surface area contributed by atoms with Gasteiger partial charge in [0.2, 0.25) is 0 Å². The first kappa shape index (κ1) is 13.7. The van der Waals surface area contributed by atoms with Gasteiger partial charge >= 0.3 is 0 Å². The van der Waals surface area contributed by atoms with Gasteiger partial charge in [-0.05, 0) is 36.0 Å². The second kappa shape index (κ2) is 5.95. The number of aromatic hydroxyl groups is 1. The van der Waals surface area contributed by atoms with E-state index in [2.05, 4.69) is 10.3 Å².